The fourth-order valence-electron chi connectivity index (χ4n) is 2.64. The molecule has 4 rings (SSSR count). The van der Waals surface area contributed by atoms with E-state index in [4.69, 9.17) is 4.74 Å². The Balaban J connectivity index is 1.42. The summed E-state index contributed by atoms with van der Waals surface area (Å²) in [6.45, 7) is 0.556. The minimum atomic E-state index is -0.338. The highest BCUT2D eigenvalue weighted by Gasteiger charge is 2.14. The first kappa shape index (κ1) is 17.9. The Labute approximate surface area is 165 Å². The van der Waals surface area contributed by atoms with Crippen molar-refractivity contribution in [3.63, 3.8) is 0 Å². The predicted octanol–water partition coefficient (Wildman–Crippen LogP) is 3.71. The van der Waals surface area contributed by atoms with Crippen molar-refractivity contribution in [2.24, 2.45) is 0 Å². The normalized spacial score (nSPS) is 10.6. The van der Waals surface area contributed by atoms with E-state index in [0.29, 0.717) is 11.7 Å². The minimum Gasteiger partial charge on any atom is -0.497 e. The number of hydrogen-bond donors (Lipinski definition) is 1. The van der Waals surface area contributed by atoms with Gasteiger partial charge in [0.05, 0.1) is 25.5 Å². The van der Waals surface area contributed by atoms with E-state index in [1.54, 1.807) is 18.0 Å². The molecule has 0 spiro atoms. The molecule has 8 heteroatoms. The Morgan fingerprint density at radius 1 is 1.14 bits per heavy atom. The average molecular weight is 391 g/mol. The molecule has 28 heavy (non-hydrogen) atoms. The maximum absolute atomic E-state index is 12.4. The van der Waals surface area contributed by atoms with Gasteiger partial charge in [-0.05, 0) is 29.8 Å². The number of hydrogen-bond acceptors (Lipinski definition) is 6. The monoisotopic (exact) mass is 391 g/mol. The molecule has 0 fully saturated rings. The molecule has 1 amide bonds. The van der Waals surface area contributed by atoms with E-state index >= 15 is 0 Å². The largest absolute Gasteiger partial charge is 0.497 e. The Bertz CT molecular complexity index is 1070. The number of thiazole rings is 1. The summed E-state index contributed by atoms with van der Waals surface area (Å²) in [5.74, 6) is 0.445. The van der Waals surface area contributed by atoms with E-state index < -0.39 is 0 Å². The van der Waals surface area contributed by atoms with Crippen LogP contribution in [0.4, 0.5) is 5.13 Å². The van der Waals surface area contributed by atoms with Crippen molar-refractivity contribution in [1.82, 2.24) is 20.0 Å². The van der Waals surface area contributed by atoms with Gasteiger partial charge in [-0.15, -0.1) is 16.4 Å². The van der Waals surface area contributed by atoms with Gasteiger partial charge in [-0.25, -0.2) is 9.67 Å². The van der Waals surface area contributed by atoms with Gasteiger partial charge in [0.25, 0.3) is 5.91 Å². The predicted molar refractivity (Wildman–Crippen MR) is 108 cm³/mol. The molecule has 4 aromatic rings. The molecule has 7 nitrogen and oxygen atoms in total. The highest BCUT2D eigenvalue weighted by molar-refractivity contribution is 7.14. The maximum Gasteiger partial charge on any atom is 0.279 e. The Kier molecular flexibility index (Phi) is 5.11. The van der Waals surface area contributed by atoms with E-state index in [-0.39, 0.29) is 11.6 Å². The van der Waals surface area contributed by atoms with Crippen LogP contribution >= 0.6 is 11.3 Å². The van der Waals surface area contributed by atoms with E-state index in [9.17, 15) is 4.79 Å². The van der Waals surface area contributed by atoms with Gasteiger partial charge in [0.15, 0.2) is 10.8 Å². The summed E-state index contributed by atoms with van der Waals surface area (Å²) >= 11 is 1.36. The zero-order chi connectivity index (χ0) is 19.3. The quantitative estimate of drug-likeness (QED) is 0.542. The van der Waals surface area contributed by atoms with Crippen LogP contribution in [0, 0.1) is 0 Å². The molecule has 0 aliphatic heterocycles. The molecule has 0 bridgehead atoms. The van der Waals surface area contributed by atoms with Crippen LogP contribution in [0.3, 0.4) is 0 Å². The molecule has 2 heterocycles. The SMILES string of the molecule is COc1ccc(-c2csc(NC(=O)c3cn(Cc4ccccc4)nn3)n2)cc1. The maximum atomic E-state index is 12.4. The van der Waals surface area contributed by atoms with Crippen molar-refractivity contribution in [3.8, 4) is 17.0 Å². The second kappa shape index (κ2) is 8.01. The van der Waals surface area contributed by atoms with Crippen LogP contribution < -0.4 is 10.1 Å². The molecular weight excluding hydrogens is 374 g/mol. The molecule has 0 saturated carbocycles. The fourth-order valence-corrected chi connectivity index (χ4v) is 3.35. The third-order valence-electron chi connectivity index (χ3n) is 4.07. The topological polar surface area (TPSA) is 81.9 Å². The molecule has 1 N–H and O–H groups in total. The fraction of sp³-hybridized carbons (Fsp3) is 0.100. The highest BCUT2D eigenvalue weighted by atomic mass is 32.1. The van der Waals surface area contributed by atoms with Crippen molar-refractivity contribution < 1.29 is 9.53 Å². The summed E-state index contributed by atoms with van der Waals surface area (Å²) in [7, 11) is 1.63. The molecule has 0 unspecified atom stereocenters. The van der Waals surface area contributed by atoms with Gasteiger partial charge in [-0.3, -0.25) is 10.1 Å². The van der Waals surface area contributed by atoms with E-state index in [1.165, 1.54) is 11.3 Å². The lowest BCUT2D eigenvalue weighted by Gasteiger charge is -2.01. The second-order valence-electron chi connectivity index (χ2n) is 6.01. The molecule has 2 aromatic carbocycles. The van der Waals surface area contributed by atoms with Crippen molar-refractivity contribution in [3.05, 3.63) is 77.4 Å². The van der Waals surface area contributed by atoms with Crippen LogP contribution in [0.25, 0.3) is 11.3 Å². The summed E-state index contributed by atoms with van der Waals surface area (Å²) in [5.41, 5.74) is 3.07. The van der Waals surface area contributed by atoms with Gasteiger partial charge in [-0.2, -0.15) is 0 Å². The van der Waals surface area contributed by atoms with Gasteiger partial charge in [-0.1, -0.05) is 35.5 Å². The summed E-state index contributed by atoms with van der Waals surface area (Å²) in [4.78, 5) is 16.9. The smallest absolute Gasteiger partial charge is 0.279 e. The number of anilines is 1. The Morgan fingerprint density at radius 3 is 2.68 bits per heavy atom. The Morgan fingerprint density at radius 2 is 1.93 bits per heavy atom. The van der Waals surface area contributed by atoms with Crippen molar-refractivity contribution in [2.75, 3.05) is 12.4 Å². The number of carbonyl (C=O) groups is 1. The summed E-state index contributed by atoms with van der Waals surface area (Å²) < 4.78 is 6.80. The van der Waals surface area contributed by atoms with Gasteiger partial charge < -0.3 is 4.74 Å². The molecule has 0 radical (unpaired) electrons. The lowest BCUT2D eigenvalue weighted by molar-refractivity contribution is 0.102. The van der Waals surface area contributed by atoms with E-state index in [0.717, 1.165) is 22.6 Å². The molecule has 0 saturated heterocycles. The van der Waals surface area contributed by atoms with Crippen LogP contribution in [0.2, 0.25) is 0 Å². The molecule has 0 aliphatic carbocycles. The molecular formula is C20H17N5O2S. The van der Waals surface area contributed by atoms with Gasteiger partial charge in [0, 0.05) is 10.9 Å². The number of aromatic nitrogens is 4. The summed E-state index contributed by atoms with van der Waals surface area (Å²) in [5, 5.41) is 13.2. The number of ether oxygens (including phenoxy) is 1. The molecule has 2 aromatic heterocycles. The lowest BCUT2D eigenvalue weighted by Crippen LogP contribution is -2.12. The third kappa shape index (κ3) is 4.07. The standard InChI is InChI=1S/C20H17N5O2S/c1-27-16-9-7-15(8-10-16)18-13-28-20(21-18)22-19(26)17-12-25(24-23-17)11-14-5-3-2-4-6-14/h2-10,12-13H,11H2,1H3,(H,21,22,26). The average Bonchev–Trinajstić information content (AvgIpc) is 3.39. The van der Waals surface area contributed by atoms with Gasteiger partial charge >= 0.3 is 0 Å². The highest BCUT2D eigenvalue weighted by Crippen LogP contribution is 2.26. The first-order valence-corrected chi connectivity index (χ1v) is 9.44. The van der Waals surface area contributed by atoms with Gasteiger partial charge in [0.2, 0.25) is 0 Å². The second-order valence-corrected chi connectivity index (χ2v) is 6.87. The van der Waals surface area contributed by atoms with Crippen LogP contribution in [0.1, 0.15) is 16.1 Å². The molecule has 140 valence electrons. The summed E-state index contributed by atoms with van der Waals surface area (Å²) in [6, 6.07) is 17.5. The molecule has 0 atom stereocenters. The third-order valence-corrected chi connectivity index (χ3v) is 4.83. The minimum absolute atomic E-state index is 0.247. The van der Waals surface area contributed by atoms with Crippen molar-refractivity contribution in [1.29, 1.82) is 0 Å². The van der Waals surface area contributed by atoms with Crippen LogP contribution in [-0.2, 0) is 6.54 Å². The zero-order valence-electron chi connectivity index (χ0n) is 15.1. The number of amides is 1. The summed E-state index contributed by atoms with van der Waals surface area (Å²) in [6.07, 6.45) is 1.63. The lowest BCUT2D eigenvalue weighted by atomic mass is 10.2. The number of nitrogens with one attached hydrogen (secondary N) is 1. The number of methoxy groups -OCH3 is 1. The number of rotatable bonds is 6. The van der Waals surface area contributed by atoms with E-state index in [2.05, 4.69) is 20.6 Å². The first-order valence-electron chi connectivity index (χ1n) is 8.56. The van der Waals surface area contributed by atoms with Crippen molar-refractivity contribution in [2.45, 2.75) is 6.54 Å². The number of nitrogens with zero attached hydrogens (tertiary/aromatic N) is 4. The van der Waals surface area contributed by atoms with E-state index in [1.807, 2.05) is 60.0 Å². The molecule has 0 aliphatic rings. The van der Waals surface area contributed by atoms with Gasteiger partial charge in [0.1, 0.15) is 5.75 Å². The van der Waals surface area contributed by atoms with Crippen LogP contribution in [0.15, 0.2) is 66.2 Å². The van der Waals surface area contributed by atoms with Crippen molar-refractivity contribution >= 4 is 22.4 Å². The zero-order valence-corrected chi connectivity index (χ0v) is 15.9. The Hall–Kier alpha value is -3.52. The number of carbonyl (C=O) groups excluding carboxylic acids is 1. The van der Waals surface area contributed by atoms with Crippen LogP contribution in [0.5, 0.6) is 5.75 Å². The van der Waals surface area contributed by atoms with Crippen LogP contribution in [-0.4, -0.2) is 33.0 Å². The first-order chi connectivity index (χ1) is 13.7. The number of benzene rings is 2.